The summed E-state index contributed by atoms with van der Waals surface area (Å²) in [6.07, 6.45) is 2.09. The van der Waals surface area contributed by atoms with Gasteiger partial charge in [0, 0.05) is 37.1 Å². The van der Waals surface area contributed by atoms with E-state index in [0.29, 0.717) is 25.2 Å². The average molecular weight is 327 g/mol. The van der Waals surface area contributed by atoms with Crippen LogP contribution in [0.15, 0.2) is 30.6 Å². The van der Waals surface area contributed by atoms with Crippen LogP contribution in [-0.2, 0) is 0 Å². The van der Waals surface area contributed by atoms with Gasteiger partial charge in [0.05, 0.1) is 0 Å². The van der Waals surface area contributed by atoms with Crippen molar-refractivity contribution in [2.24, 2.45) is 0 Å². The Kier molecular flexibility index (Phi) is 4.44. The number of aryl methyl sites for hydroxylation is 2. The third-order valence-electron chi connectivity index (χ3n) is 4.14. The predicted octanol–water partition coefficient (Wildman–Crippen LogP) is 0.860. The number of amides is 1. The molecule has 0 saturated carbocycles. The largest absolute Gasteiger partial charge is 0.386 e. The standard InChI is InChI=1S/C17H21N5O2/c1-12-4-3-5-14(21-12)16(23)18-9-17(24)6-7-22(10-17)15-8-13(2)19-11-20-15/h3-5,8,11,24H,6-7,9-10H2,1-2H3,(H,18,23)/t17-/m0/s1. The molecule has 7 nitrogen and oxygen atoms in total. The fraction of sp³-hybridized carbons (Fsp3) is 0.412. The van der Waals surface area contributed by atoms with Gasteiger partial charge < -0.3 is 15.3 Å². The Morgan fingerprint density at radius 3 is 2.92 bits per heavy atom. The van der Waals surface area contributed by atoms with Crippen molar-refractivity contribution >= 4 is 11.7 Å². The Hall–Kier alpha value is -2.54. The molecule has 0 spiro atoms. The van der Waals surface area contributed by atoms with Gasteiger partial charge in [-0.25, -0.2) is 15.0 Å². The van der Waals surface area contributed by atoms with Crippen molar-refractivity contribution in [2.45, 2.75) is 25.9 Å². The number of hydrogen-bond acceptors (Lipinski definition) is 6. The molecule has 0 unspecified atom stereocenters. The number of anilines is 1. The number of carbonyl (C=O) groups excluding carboxylic acids is 1. The Morgan fingerprint density at radius 2 is 2.17 bits per heavy atom. The van der Waals surface area contributed by atoms with Crippen LogP contribution in [0.3, 0.4) is 0 Å². The summed E-state index contributed by atoms with van der Waals surface area (Å²) in [7, 11) is 0. The minimum absolute atomic E-state index is 0.183. The fourth-order valence-electron chi connectivity index (χ4n) is 2.81. The highest BCUT2D eigenvalue weighted by Gasteiger charge is 2.37. The fourth-order valence-corrected chi connectivity index (χ4v) is 2.81. The van der Waals surface area contributed by atoms with Gasteiger partial charge in [0.25, 0.3) is 5.91 Å². The number of aromatic nitrogens is 3. The zero-order chi connectivity index (χ0) is 17.2. The predicted molar refractivity (Wildman–Crippen MR) is 89.9 cm³/mol. The molecule has 1 aliphatic rings. The number of carbonyl (C=O) groups is 1. The smallest absolute Gasteiger partial charge is 0.269 e. The topological polar surface area (TPSA) is 91.2 Å². The lowest BCUT2D eigenvalue weighted by atomic mass is 10.0. The summed E-state index contributed by atoms with van der Waals surface area (Å²) in [6.45, 7) is 5.03. The summed E-state index contributed by atoms with van der Waals surface area (Å²) >= 11 is 0. The first kappa shape index (κ1) is 16.3. The van der Waals surface area contributed by atoms with Gasteiger partial charge in [-0.15, -0.1) is 0 Å². The molecule has 0 aliphatic carbocycles. The average Bonchev–Trinajstić information content (AvgIpc) is 2.96. The van der Waals surface area contributed by atoms with E-state index in [1.807, 2.05) is 30.9 Å². The number of nitrogens with zero attached hydrogens (tertiary/aromatic N) is 4. The molecule has 7 heteroatoms. The molecule has 126 valence electrons. The summed E-state index contributed by atoms with van der Waals surface area (Å²) in [5.74, 6) is 0.522. The molecule has 1 fully saturated rings. The Morgan fingerprint density at radius 1 is 1.33 bits per heavy atom. The quantitative estimate of drug-likeness (QED) is 0.865. The maximum absolute atomic E-state index is 12.2. The number of rotatable bonds is 4. The molecule has 0 aromatic carbocycles. The maximum atomic E-state index is 12.2. The number of aliphatic hydroxyl groups is 1. The number of hydrogen-bond donors (Lipinski definition) is 2. The molecule has 1 amide bonds. The van der Waals surface area contributed by atoms with Crippen LogP contribution in [0.4, 0.5) is 5.82 Å². The molecule has 3 rings (SSSR count). The summed E-state index contributed by atoms with van der Waals surface area (Å²) in [6, 6.07) is 7.18. The summed E-state index contributed by atoms with van der Waals surface area (Å²) in [5, 5.41) is 13.5. The van der Waals surface area contributed by atoms with Gasteiger partial charge in [0.2, 0.25) is 0 Å². The first-order valence-corrected chi connectivity index (χ1v) is 7.93. The van der Waals surface area contributed by atoms with Gasteiger partial charge >= 0.3 is 0 Å². The minimum Gasteiger partial charge on any atom is -0.386 e. The maximum Gasteiger partial charge on any atom is 0.269 e. The molecule has 1 atom stereocenters. The van der Waals surface area contributed by atoms with Crippen molar-refractivity contribution in [3.05, 3.63) is 47.7 Å². The van der Waals surface area contributed by atoms with Crippen molar-refractivity contribution in [1.82, 2.24) is 20.3 Å². The molecule has 1 saturated heterocycles. The first-order chi connectivity index (χ1) is 11.5. The summed E-state index contributed by atoms with van der Waals surface area (Å²) in [4.78, 5) is 26.7. The SMILES string of the molecule is Cc1cc(N2CC[C@](O)(CNC(=O)c3cccc(C)n3)C2)ncn1. The van der Waals surface area contributed by atoms with E-state index in [-0.39, 0.29) is 12.5 Å². The molecule has 0 radical (unpaired) electrons. The van der Waals surface area contributed by atoms with Crippen LogP contribution < -0.4 is 10.2 Å². The van der Waals surface area contributed by atoms with Crippen molar-refractivity contribution in [3.8, 4) is 0 Å². The van der Waals surface area contributed by atoms with E-state index in [2.05, 4.69) is 20.3 Å². The third kappa shape index (κ3) is 3.68. The summed E-state index contributed by atoms with van der Waals surface area (Å²) < 4.78 is 0. The van der Waals surface area contributed by atoms with Crippen LogP contribution in [0.5, 0.6) is 0 Å². The van der Waals surface area contributed by atoms with Gasteiger partial charge in [0.15, 0.2) is 0 Å². The van der Waals surface area contributed by atoms with E-state index in [1.165, 1.54) is 6.33 Å². The highest BCUT2D eigenvalue weighted by molar-refractivity contribution is 5.92. The van der Waals surface area contributed by atoms with Crippen LogP contribution in [0.1, 0.15) is 28.3 Å². The Labute approximate surface area is 140 Å². The molecule has 2 N–H and O–H groups in total. The molecule has 2 aromatic heterocycles. The number of β-amino-alcohol motifs (C(OH)–C–C–N with tert-alkyl or cyclic N) is 1. The number of pyridine rings is 1. The van der Waals surface area contributed by atoms with Crippen molar-refractivity contribution in [2.75, 3.05) is 24.5 Å². The normalized spacial score (nSPS) is 20.2. The minimum atomic E-state index is -0.974. The van der Waals surface area contributed by atoms with E-state index in [4.69, 9.17) is 0 Å². The Bertz CT molecular complexity index is 751. The molecule has 0 bridgehead atoms. The van der Waals surface area contributed by atoms with Crippen molar-refractivity contribution in [1.29, 1.82) is 0 Å². The second-order valence-corrected chi connectivity index (χ2v) is 6.26. The molecular formula is C17H21N5O2. The van der Waals surface area contributed by atoms with Crippen molar-refractivity contribution in [3.63, 3.8) is 0 Å². The molecule has 24 heavy (non-hydrogen) atoms. The zero-order valence-electron chi connectivity index (χ0n) is 13.9. The Balaban J connectivity index is 1.60. The lowest BCUT2D eigenvalue weighted by molar-refractivity contribution is 0.0574. The lowest BCUT2D eigenvalue weighted by Crippen LogP contribution is -2.45. The van der Waals surface area contributed by atoms with Crippen molar-refractivity contribution < 1.29 is 9.90 Å². The van der Waals surface area contributed by atoms with Crippen LogP contribution in [-0.4, -0.2) is 51.2 Å². The first-order valence-electron chi connectivity index (χ1n) is 7.93. The zero-order valence-corrected chi connectivity index (χ0v) is 13.9. The van der Waals surface area contributed by atoms with Crippen LogP contribution >= 0.6 is 0 Å². The highest BCUT2D eigenvalue weighted by Crippen LogP contribution is 2.25. The molecule has 1 aliphatic heterocycles. The molecular weight excluding hydrogens is 306 g/mol. The second kappa shape index (κ2) is 6.52. The number of nitrogens with one attached hydrogen (secondary N) is 1. The lowest BCUT2D eigenvalue weighted by Gasteiger charge is -2.24. The van der Waals surface area contributed by atoms with Crippen LogP contribution in [0, 0.1) is 13.8 Å². The van der Waals surface area contributed by atoms with Gasteiger partial charge in [-0.1, -0.05) is 6.07 Å². The van der Waals surface area contributed by atoms with E-state index in [0.717, 1.165) is 17.2 Å². The monoisotopic (exact) mass is 327 g/mol. The van der Waals surface area contributed by atoms with E-state index in [9.17, 15) is 9.90 Å². The van der Waals surface area contributed by atoms with Gasteiger partial charge in [-0.05, 0) is 32.4 Å². The van der Waals surface area contributed by atoms with Gasteiger partial charge in [-0.2, -0.15) is 0 Å². The van der Waals surface area contributed by atoms with E-state index in [1.54, 1.807) is 12.1 Å². The van der Waals surface area contributed by atoms with Gasteiger partial charge in [0.1, 0.15) is 23.4 Å². The van der Waals surface area contributed by atoms with Crippen LogP contribution in [0.25, 0.3) is 0 Å². The molecule has 3 heterocycles. The van der Waals surface area contributed by atoms with Gasteiger partial charge in [-0.3, -0.25) is 4.79 Å². The van der Waals surface area contributed by atoms with E-state index >= 15 is 0 Å². The third-order valence-corrected chi connectivity index (χ3v) is 4.14. The highest BCUT2D eigenvalue weighted by atomic mass is 16.3. The second-order valence-electron chi connectivity index (χ2n) is 6.26. The van der Waals surface area contributed by atoms with E-state index < -0.39 is 5.60 Å². The molecule has 2 aromatic rings. The summed E-state index contributed by atoms with van der Waals surface area (Å²) in [5.41, 5.74) is 1.06. The van der Waals surface area contributed by atoms with Crippen LogP contribution in [0.2, 0.25) is 0 Å².